The molecule has 4 rings (SSSR count). The molecule has 0 radical (unpaired) electrons. The van der Waals surface area contributed by atoms with E-state index in [0.29, 0.717) is 22.6 Å². The van der Waals surface area contributed by atoms with Gasteiger partial charge in [0.1, 0.15) is 11.6 Å². The monoisotopic (exact) mass is 422 g/mol. The third kappa shape index (κ3) is 4.16. The molecule has 2 aromatic heterocycles. The van der Waals surface area contributed by atoms with Crippen LogP contribution in [0.5, 0.6) is 0 Å². The number of amides is 1. The minimum Gasteiger partial charge on any atom is -0.319 e. The maximum atomic E-state index is 14.0. The van der Waals surface area contributed by atoms with E-state index in [1.807, 2.05) is 0 Å². The smallest absolute Gasteiger partial charge is 0.259 e. The van der Waals surface area contributed by atoms with Crippen LogP contribution in [0.15, 0.2) is 73.2 Å². The second-order valence-corrected chi connectivity index (χ2v) is 6.71. The molecular weight excluding hydrogens is 410 g/mol. The molecule has 0 saturated carbocycles. The molecule has 0 spiro atoms. The first-order valence-electron chi connectivity index (χ1n) is 8.81. The Morgan fingerprint density at radius 2 is 1.67 bits per heavy atom. The van der Waals surface area contributed by atoms with Gasteiger partial charge in [0.15, 0.2) is 5.82 Å². The highest BCUT2D eigenvalue weighted by Gasteiger charge is 2.18. The Kier molecular flexibility index (Phi) is 5.45. The van der Waals surface area contributed by atoms with E-state index >= 15 is 0 Å². The van der Waals surface area contributed by atoms with Gasteiger partial charge in [0, 0.05) is 34.7 Å². The lowest BCUT2D eigenvalue weighted by atomic mass is 10.1. The summed E-state index contributed by atoms with van der Waals surface area (Å²) in [4.78, 5) is 25.6. The molecule has 0 aliphatic rings. The maximum Gasteiger partial charge on any atom is 0.259 e. The first kappa shape index (κ1) is 19.6. The largest absolute Gasteiger partial charge is 0.319 e. The normalized spacial score (nSPS) is 10.6. The van der Waals surface area contributed by atoms with Gasteiger partial charge in [0.05, 0.1) is 16.9 Å². The van der Waals surface area contributed by atoms with Crippen LogP contribution in [-0.4, -0.2) is 20.9 Å². The number of nitrogens with one attached hydrogen (secondary N) is 1. The summed E-state index contributed by atoms with van der Waals surface area (Å²) in [5.74, 6) is -1.30. The Bertz CT molecular complexity index is 1220. The van der Waals surface area contributed by atoms with E-state index in [4.69, 9.17) is 11.6 Å². The van der Waals surface area contributed by atoms with Gasteiger partial charge in [-0.25, -0.2) is 18.7 Å². The minimum absolute atomic E-state index is 0.0595. The zero-order valence-corrected chi connectivity index (χ0v) is 16.1. The zero-order chi connectivity index (χ0) is 21.1. The van der Waals surface area contributed by atoms with Crippen LogP contribution in [0.1, 0.15) is 10.4 Å². The Labute approximate surface area is 175 Å². The Morgan fingerprint density at radius 1 is 0.933 bits per heavy atom. The van der Waals surface area contributed by atoms with Crippen molar-refractivity contribution in [1.29, 1.82) is 0 Å². The molecule has 148 valence electrons. The number of anilines is 1. The Hall–Kier alpha value is -3.71. The SMILES string of the molecule is O=C(Nc1cc(Cl)ccc1F)c1cnc(-c2ccc(F)cc2)nc1-c1ccncc1. The number of benzene rings is 2. The molecule has 30 heavy (non-hydrogen) atoms. The molecule has 1 amide bonds. The van der Waals surface area contributed by atoms with Gasteiger partial charge in [-0.15, -0.1) is 0 Å². The van der Waals surface area contributed by atoms with Crippen LogP contribution in [0.4, 0.5) is 14.5 Å². The minimum atomic E-state index is -0.623. The lowest BCUT2D eigenvalue weighted by Crippen LogP contribution is -2.16. The summed E-state index contributed by atoms with van der Waals surface area (Å²) in [5, 5.41) is 2.78. The predicted octanol–water partition coefficient (Wildman–Crippen LogP) is 5.39. The van der Waals surface area contributed by atoms with E-state index < -0.39 is 11.7 Å². The molecule has 0 aliphatic carbocycles. The number of halogens is 3. The highest BCUT2D eigenvalue weighted by atomic mass is 35.5. The van der Waals surface area contributed by atoms with E-state index in [9.17, 15) is 13.6 Å². The molecule has 0 fully saturated rings. The molecule has 1 N–H and O–H groups in total. The van der Waals surface area contributed by atoms with Gasteiger partial charge in [-0.05, 0) is 54.6 Å². The summed E-state index contributed by atoms with van der Waals surface area (Å²) >= 11 is 5.90. The second kappa shape index (κ2) is 8.34. The number of carbonyl (C=O) groups is 1. The van der Waals surface area contributed by atoms with Crippen LogP contribution in [-0.2, 0) is 0 Å². The molecule has 0 aliphatic heterocycles. The topological polar surface area (TPSA) is 67.8 Å². The fourth-order valence-electron chi connectivity index (χ4n) is 2.80. The molecule has 8 heteroatoms. The third-order valence-electron chi connectivity index (χ3n) is 4.27. The van der Waals surface area contributed by atoms with E-state index in [0.717, 1.165) is 6.07 Å². The summed E-state index contributed by atoms with van der Waals surface area (Å²) in [7, 11) is 0. The van der Waals surface area contributed by atoms with Crippen molar-refractivity contribution in [2.24, 2.45) is 0 Å². The summed E-state index contributed by atoms with van der Waals surface area (Å²) in [6.45, 7) is 0. The zero-order valence-electron chi connectivity index (χ0n) is 15.3. The first-order chi connectivity index (χ1) is 14.5. The van der Waals surface area contributed by atoms with E-state index in [1.54, 1.807) is 36.7 Å². The van der Waals surface area contributed by atoms with Crippen LogP contribution >= 0.6 is 11.6 Å². The first-order valence-corrected chi connectivity index (χ1v) is 9.19. The highest BCUT2D eigenvalue weighted by Crippen LogP contribution is 2.26. The van der Waals surface area contributed by atoms with Crippen LogP contribution in [0.25, 0.3) is 22.6 Å². The molecule has 0 atom stereocenters. The van der Waals surface area contributed by atoms with Gasteiger partial charge in [-0.2, -0.15) is 0 Å². The van der Waals surface area contributed by atoms with Gasteiger partial charge in [-0.3, -0.25) is 9.78 Å². The number of pyridine rings is 1. The number of rotatable bonds is 4. The lowest BCUT2D eigenvalue weighted by molar-refractivity contribution is 0.102. The van der Waals surface area contributed by atoms with Crippen molar-refractivity contribution >= 4 is 23.2 Å². The van der Waals surface area contributed by atoms with Crippen LogP contribution < -0.4 is 5.32 Å². The number of nitrogens with zero attached hydrogens (tertiary/aromatic N) is 3. The number of carbonyl (C=O) groups excluding carboxylic acids is 1. The Balaban J connectivity index is 1.77. The van der Waals surface area contributed by atoms with Crippen LogP contribution in [0.3, 0.4) is 0 Å². The summed E-state index contributed by atoms with van der Waals surface area (Å²) in [6.07, 6.45) is 4.47. The van der Waals surface area contributed by atoms with Gasteiger partial charge in [0.25, 0.3) is 5.91 Å². The Morgan fingerprint density at radius 3 is 2.40 bits per heavy atom. The number of hydrogen-bond acceptors (Lipinski definition) is 4. The van der Waals surface area contributed by atoms with Gasteiger partial charge in [0.2, 0.25) is 0 Å². The molecule has 5 nitrogen and oxygen atoms in total. The highest BCUT2D eigenvalue weighted by molar-refractivity contribution is 6.31. The average Bonchev–Trinajstić information content (AvgIpc) is 2.77. The van der Waals surface area contributed by atoms with Crippen molar-refractivity contribution in [2.45, 2.75) is 0 Å². The standard InChI is InChI=1S/C22H13ClF2N4O/c23-15-3-6-18(25)19(11-15)28-22(30)17-12-27-21(14-1-4-16(24)5-2-14)29-20(17)13-7-9-26-10-8-13/h1-12H,(H,28,30). The summed E-state index contributed by atoms with van der Waals surface area (Å²) < 4.78 is 27.3. The van der Waals surface area contributed by atoms with Crippen molar-refractivity contribution in [3.63, 3.8) is 0 Å². The van der Waals surface area contributed by atoms with Crippen molar-refractivity contribution in [3.05, 3.63) is 95.4 Å². The van der Waals surface area contributed by atoms with Gasteiger partial charge >= 0.3 is 0 Å². The van der Waals surface area contributed by atoms with Gasteiger partial charge in [-0.1, -0.05) is 11.6 Å². The van der Waals surface area contributed by atoms with E-state index in [-0.39, 0.29) is 22.1 Å². The number of aromatic nitrogens is 3. The predicted molar refractivity (Wildman–Crippen MR) is 110 cm³/mol. The average molecular weight is 423 g/mol. The second-order valence-electron chi connectivity index (χ2n) is 6.28. The van der Waals surface area contributed by atoms with Crippen molar-refractivity contribution in [3.8, 4) is 22.6 Å². The molecular formula is C22H13ClF2N4O. The third-order valence-corrected chi connectivity index (χ3v) is 4.50. The molecule has 2 heterocycles. The summed E-state index contributed by atoms with van der Waals surface area (Å²) in [6, 6.07) is 12.9. The lowest BCUT2D eigenvalue weighted by Gasteiger charge is -2.12. The fraction of sp³-hybridized carbons (Fsp3) is 0. The van der Waals surface area contributed by atoms with Crippen molar-refractivity contribution in [1.82, 2.24) is 15.0 Å². The quantitative estimate of drug-likeness (QED) is 0.479. The molecule has 0 bridgehead atoms. The van der Waals surface area contributed by atoms with Crippen LogP contribution in [0.2, 0.25) is 5.02 Å². The molecule has 0 saturated heterocycles. The van der Waals surface area contributed by atoms with E-state index in [2.05, 4.69) is 20.3 Å². The van der Waals surface area contributed by atoms with Crippen molar-refractivity contribution < 1.29 is 13.6 Å². The molecule has 4 aromatic rings. The molecule has 0 unspecified atom stereocenters. The van der Waals surface area contributed by atoms with E-state index in [1.165, 1.54) is 30.5 Å². The van der Waals surface area contributed by atoms with Gasteiger partial charge < -0.3 is 5.32 Å². The number of hydrogen-bond donors (Lipinski definition) is 1. The maximum absolute atomic E-state index is 14.0. The molecule has 2 aromatic carbocycles. The fourth-order valence-corrected chi connectivity index (χ4v) is 2.97. The van der Waals surface area contributed by atoms with Crippen LogP contribution in [0, 0.1) is 11.6 Å². The van der Waals surface area contributed by atoms with Crippen molar-refractivity contribution in [2.75, 3.05) is 5.32 Å². The summed E-state index contributed by atoms with van der Waals surface area (Å²) in [5.41, 5.74) is 1.60.